The average molecular weight is 226 g/mol. The predicted molar refractivity (Wildman–Crippen MR) is 62.2 cm³/mol. The van der Waals surface area contributed by atoms with Crippen molar-refractivity contribution in [1.29, 1.82) is 0 Å². The fourth-order valence-electron chi connectivity index (χ4n) is 2.91. The maximum Gasteiger partial charge on any atom is 0.320 e. The second-order valence-electron chi connectivity index (χ2n) is 5.07. The van der Waals surface area contributed by atoms with Gasteiger partial charge in [0, 0.05) is 25.7 Å². The zero-order valence-corrected chi connectivity index (χ0v) is 10.2. The molecule has 1 heterocycles. The molecule has 92 valence electrons. The number of urea groups is 1. The third kappa shape index (κ3) is 2.03. The van der Waals surface area contributed by atoms with Gasteiger partial charge in [-0.05, 0) is 32.1 Å². The standard InChI is InChI=1S/C12H22N2O2/c1-3-13-6-7-14(12(13)16)11-8-10(15)5-4-9(11)2/h9-11,15H,3-8H2,1-2H3. The topological polar surface area (TPSA) is 43.8 Å². The molecule has 0 aromatic carbocycles. The Labute approximate surface area is 97.2 Å². The Morgan fingerprint density at radius 1 is 1.38 bits per heavy atom. The van der Waals surface area contributed by atoms with Crippen molar-refractivity contribution in [3.63, 3.8) is 0 Å². The fraction of sp³-hybridized carbons (Fsp3) is 0.917. The Balaban J connectivity index is 2.04. The van der Waals surface area contributed by atoms with Gasteiger partial charge >= 0.3 is 6.03 Å². The molecule has 2 amide bonds. The number of likely N-dealkylation sites (N-methyl/N-ethyl adjacent to an activating group) is 1. The fourth-order valence-corrected chi connectivity index (χ4v) is 2.91. The van der Waals surface area contributed by atoms with Crippen LogP contribution in [0.5, 0.6) is 0 Å². The van der Waals surface area contributed by atoms with Crippen LogP contribution in [-0.2, 0) is 0 Å². The van der Waals surface area contributed by atoms with Crippen LogP contribution in [0.1, 0.15) is 33.1 Å². The number of aliphatic hydroxyl groups is 1. The summed E-state index contributed by atoms with van der Waals surface area (Å²) in [6, 6.07) is 0.404. The van der Waals surface area contributed by atoms with Gasteiger partial charge in [-0.25, -0.2) is 4.79 Å². The van der Waals surface area contributed by atoms with E-state index in [-0.39, 0.29) is 18.2 Å². The lowest BCUT2D eigenvalue weighted by Crippen LogP contribution is -2.46. The number of hydrogen-bond acceptors (Lipinski definition) is 2. The molecule has 1 saturated carbocycles. The van der Waals surface area contributed by atoms with E-state index in [9.17, 15) is 9.90 Å². The van der Waals surface area contributed by atoms with Crippen LogP contribution in [0.2, 0.25) is 0 Å². The summed E-state index contributed by atoms with van der Waals surface area (Å²) in [7, 11) is 0. The Kier molecular flexibility index (Phi) is 3.38. The lowest BCUT2D eigenvalue weighted by Gasteiger charge is -2.37. The summed E-state index contributed by atoms with van der Waals surface area (Å²) in [6.07, 6.45) is 2.45. The van der Waals surface area contributed by atoms with Crippen molar-refractivity contribution in [3.05, 3.63) is 0 Å². The predicted octanol–water partition coefficient (Wildman–Crippen LogP) is 1.29. The first kappa shape index (κ1) is 11.7. The van der Waals surface area contributed by atoms with E-state index in [0.29, 0.717) is 5.92 Å². The zero-order chi connectivity index (χ0) is 11.7. The summed E-state index contributed by atoms with van der Waals surface area (Å²) < 4.78 is 0. The lowest BCUT2D eigenvalue weighted by molar-refractivity contribution is 0.0531. The first-order chi connectivity index (χ1) is 7.63. The van der Waals surface area contributed by atoms with Crippen LogP contribution in [0, 0.1) is 5.92 Å². The highest BCUT2D eigenvalue weighted by molar-refractivity contribution is 5.76. The molecule has 4 nitrogen and oxygen atoms in total. The summed E-state index contributed by atoms with van der Waals surface area (Å²) in [6.45, 7) is 6.67. The molecule has 2 aliphatic rings. The van der Waals surface area contributed by atoms with E-state index in [4.69, 9.17) is 0 Å². The largest absolute Gasteiger partial charge is 0.393 e. The third-order valence-corrected chi connectivity index (χ3v) is 4.03. The van der Waals surface area contributed by atoms with Gasteiger partial charge in [-0.1, -0.05) is 6.92 Å². The van der Waals surface area contributed by atoms with Crippen LogP contribution in [0.15, 0.2) is 0 Å². The third-order valence-electron chi connectivity index (χ3n) is 4.03. The van der Waals surface area contributed by atoms with Gasteiger partial charge in [-0.3, -0.25) is 0 Å². The van der Waals surface area contributed by atoms with Gasteiger partial charge in [0.1, 0.15) is 0 Å². The van der Waals surface area contributed by atoms with Crippen molar-refractivity contribution in [3.8, 4) is 0 Å². The Morgan fingerprint density at radius 3 is 2.75 bits per heavy atom. The SMILES string of the molecule is CCN1CCN(C2CC(O)CCC2C)C1=O. The number of aliphatic hydroxyl groups excluding tert-OH is 1. The van der Waals surface area contributed by atoms with Crippen molar-refractivity contribution in [1.82, 2.24) is 9.80 Å². The molecule has 1 aliphatic heterocycles. The van der Waals surface area contributed by atoms with Crippen LogP contribution in [-0.4, -0.2) is 52.7 Å². The molecule has 2 fully saturated rings. The molecule has 0 aromatic rings. The molecule has 4 heteroatoms. The van der Waals surface area contributed by atoms with E-state index in [1.807, 2.05) is 16.7 Å². The molecule has 0 radical (unpaired) electrons. The molecular formula is C12H22N2O2. The lowest BCUT2D eigenvalue weighted by atomic mass is 9.83. The molecule has 3 atom stereocenters. The Bertz CT molecular complexity index is 270. The molecule has 0 aromatic heterocycles. The summed E-state index contributed by atoms with van der Waals surface area (Å²) in [5.41, 5.74) is 0. The van der Waals surface area contributed by atoms with E-state index in [1.54, 1.807) is 0 Å². The summed E-state index contributed by atoms with van der Waals surface area (Å²) in [5.74, 6) is 0.518. The van der Waals surface area contributed by atoms with Gasteiger partial charge in [0.05, 0.1) is 6.10 Å². The normalized spacial score (nSPS) is 35.9. The van der Waals surface area contributed by atoms with Gasteiger partial charge in [-0.2, -0.15) is 0 Å². The highest BCUT2D eigenvalue weighted by Crippen LogP contribution is 2.30. The smallest absolute Gasteiger partial charge is 0.320 e. The van der Waals surface area contributed by atoms with E-state index < -0.39 is 0 Å². The molecule has 0 bridgehead atoms. The average Bonchev–Trinajstić information content (AvgIpc) is 2.63. The van der Waals surface area contributed by atoms with Gasteiger partial charge in [0.2, 0.25) is 0 Å². The molecule has 3 unspecified atom stereocenters. The van der Waals surface area contributed by atoms with Crippen LogP contribution >= 0.6 is 0 Å². The number of hydrogen-bond donors (Lipinski definition) is 1. The number of nitrogens with zero attached hydrogens (tertiary/aromatic N) is 2. The van der Waals surface area contributed by atoms with Crippen molar-refractivity contribution in [2.24, 2.45) is 5.92 Å². The quantitative estimate of drug-likeness (QED) is 0.771. The minimum absolute atomic E-state index is 0.161. The Morgan fingerprint density at radius 2 is 2.12 bits per heavy atom. The molecule has 16 heavy (non-hydrogen) atoms. The van der Waals surface area contributed by atoms with E-state index in [2.05, 4.69) is 6.92 Å². The van der Waals surface area contributed by atoms with Gasteiger partial charge in [0.15, 0.2) is 0 Å². The van der Waals surface area contributed by atoms with Crippen LogP contribution in [0.4, 0.5) is 4.79 Å². The molecule has 2 rings (SSSR count). The van der Waals surface area contributed by atoms with Crippen molar-refractivity contribution in [2.45, 2.75) is 45.3 Å². The molecule has 1 aliphatic carbocycles. The maximum atomic E-state index is 12.1. The van der Waals surface area contributed by atoms with E-state index in [0.717, 1.165) is 38.9 Å². The van der Waals surface area contributed by atoms with Crippen LogP contribution in [0.3, 0.4) is 0 Å². The van der Waals surface area contributed by atoms with E-state index >= 15 is 0 Å². The van der Waals surface area contributed by atoms with E-state index in [1.165, 1.54) is 0 Å². The second kappa shape index (κ2) is 4.62. The maximum absolute atomic E-state index is 12.1. The summed E-state index contributed by atoms with van der Waals surface area (Å²) >= 11 is 0. The number of carbonyl (C=O) groups is 1. The molecule has 0 spiro atoms. The first-order valence-electron chi connectivity index (χ1n) is 6.37. The van der Waals surface area contributed by atoms with Crippen molar-refractivity contribution < 1.29 is 9.90 Å². The first-order valence-corrected chi connectivity index (χ1v) is 6.37. The number of carbonyl (C=O) groups excluding carboxylic acids is 1. The summed E-state index contributed by atoms with van der Waals surface area (Å²) in [5, 5.41) is 9.72. The highest BCUT2D eigenvalue weighted by Gasteiger charge is 2.38. The summed E-state index contributed by atoms with van der Waals surface area (Å²) in [4.78, 5) is 15.9. The second-order valence-corrected chi connectivity index (χ2v) is 5.07. The van der Waals surface area contributed by atoms with Gasteiger partial charge < -0.3 is 14.9 Å². The van der Waals surface area contributed by atoms with Gasteiger partial charge in [-0.15, -0.1) is 0 Å². The minimum atomic E-state index is -0.218. The van der Waals surface area contributed by atoms with Crippen molar-refractivity contribution in [2.75, 3.05) is 19.6 Å². The molecular weight excluding hydrogens is 204 g/mol. The minimum Gasteiger partial charge on any atom is -0.393 e. The van der Waals surface area contributed by atoms with Crippen LogP contribution < -0.4 is 0 Å². The highest BCUT2D eigenvalue weighted by atomic mass is 16.3. The zero-order valence-electron chi connectivity index (χ0n) is 10.2. The van der Waals surface area contributed by atoms with Gasteiger partial charge in [0.25, 0.3) is 0 Å². The molecule has 1 saturated heterocycles. The monoisotopic (exact) mass is 226 g/mol. The Hall–Kier alpha value is -0.770. The number of amides is 2. The molecule has 1 N–H and O–H groups in total. The van der Waals surface area contributed by atoms with Crippen LogP contribution in [0.25, 0.3) is 0 Å². The van der Waals surface area contributed by atoms with Crippen molar-refractivity contribution >= 4 is 6.03 Å². The number of rotatable bonds is 2.